The Morgan fingerprint density at radius 3 is 2.61 bits per heavy atom. The second-order valence-electron chi connectivity index (χ2n) is 4.71. The zero-order valence-electron chi connectivity index (χ0n) is 9.91. The van der Waals surface area contributed by atoms with Crippen molar-refractivity contribution in [2.75, 3.05) is 17.2 Å². The molecule has 0 aliphatic carbocycles. The lowest BCUT2D eigenvalue weighted by atomic mass is 10.1. The second-order valence-corrected chi connectivity index (χ2v) is 7.02. The Bertz CT molecular complexity index is 676. The van der Waals surface area contributed by atoms with Crippen LogP contribution in [-0.2, 0) is 9.84 Å². The SMILES string of the molecule is Nc1nc2ccccc2n1C1CCS(=O)(=O)CC1. The Labute approximate surface area is 106 Å². The van der Waals surface area contributed by atoms with Crippen LogP contribution in [-0.4, -0.2) is 29.5 Å². The fourth-order valence-corrected chi connectivity index (χ4v) is 4.05. The number of rotatable bonds is 1. The summed E-state index contributed by atoms with van der Waals surface area (Å²) in [7, 11) is -2.85. The highest BCUT2D eigenvalue weighted by Crippen LogP contribution is 2.30. The van der Waals surface area contributed by atoms with Crippen LogP contribution < -0.4 is 5.73 Å². The third-order valence-corrected chi connectivity index (χ3v) is 5.23. The third kappa shape index (κ3) is 1.86. The molecule has 2 N–H and O–H groups in total. The topological polar surface area (TPSA) is 78.0 Å². The van der Waals surface area contributed by atoms with Gasteiger partial charge in [0.2, 0.25) is 5.95 Å². The van der Waals surface area contributed by atoms with E-state index in [2.05, 4.69) is 4.98 Å². The summed E-state index contributed by atoms with van der Waals surface area (Å²) in [4.78, 5) is 4.32. The van der Waals surface area contributed by atoms with Crippen molar-refractivity contribution < 1.29 is 8.42 Å². The molecule has 96 valence electrons. The second kappa shape index (κ2) is 3.98. The highest BCUT2D eigenvalue weighted by molar-refractivity contribution is 7.91. The van der Waals surface area contributed by atoms with Crippen molar-refractivity contribution in [2.45, 2.75) is 18.9 Å². The van der Waals surface area contributed by atoms with Gasteiger partial charge in [0.05, 0.1) is 22.5 Å². The average molecular weight is 265 g/mol. The number of hydrogen-bond donors (Lipinski definition) is 1. The molecule has 1 saturated heterocycles. The Hall–Kier alpha value is -1.56. The minimum Gasteiger partial charge on any atom is -0.369 e. The number of hydrogen-bond acceptors (Lipinski definition) is 4. The van der Waals surface area contributed by atoms with Crippen LogP contribution in [0, 0.1) is 0 Å². The van der Waals surface area contributed by atoms with E-state index in [9.17, 15) is 8.42 Å². The molecule has 0 saturated carbocycles. The first-order valence-electron chi connectivity index (χ1n) is 6.00. The van der Waals surface area contributed by atoms with Crippen molar-refractivity contribution in [1.82, 2.24) is 9.55 Å². The van der Waals surface area contributed by atoms with Crippen molar-refractivity contribution >= 4 is 26.8 Å². The third-order valence-electron chi connectivity index (χ3n) is 3.51. The molecule has 6 heteroatoms. The Morgan fingerprint density at radius 1 is 1.22 bits per heavy atom. The molecular formula is C12H15N3O2S. The molecule has 1 aliphatic heterocycles. The van der Waals surface area contributed by atoms with Crippen LogP contribution in [0.5, 0.6) is 0 Å². The molecule has 1 aliphatic rings. The quantitative estimate of drug-likeness (QED) is 0.844. The van der Waals surface area contributed by atoms with Gasteiger partial charge in [-0.1, -0.05) is 12.1 Å². The lowest BCUT2D eigenvalue weighted by Crippen LogP contribution is -2.26. The number of nitrogens with zero attached hydrogens (tertiary/aromatic N) is 2. The molecule has 3 rings (SSSR count). The maximum atomic E-state index is 11.5. The molecule has 2 heterocycles. The number of aromatic nitrogens is 2. The van der Waals surface area contributed by atoms with Gasteiger partial charge < -0.3 is 10.3 Å². The van der Waals surface area contributed by atoms with Gasteiger partial charge in [-0.05, 0) is 25.0 Å². The normalized spacial score (nSPS) is 20.2. The highest BCUT2D eigenvalue weighted by Gasteiger charge is 2.26. The summed E-state index contributed by atoms with van der Waals surface area (Å²) >= 11 is 0. The number of fused-ring (bicyclic) bond motifs is 1. The van der Waals surface area contributed by atoms with E-state index in [1.165, 1.54) is 0 Å². The molecule has 1 aromatic carbocycles. The molecule has 0 amide bonds. The molecule has 0 bridgehead atoms. The standard InChI is InChI=1S/C12H15N3O2S/c13-12-14-10-3-1-2-4-11(10)15(12)9-5-7-18(16,17)8-6-9/h1-4,9H,5-8H2,(H2,13,14). The van der Waals surface area contributed by atoms with E-state index >= 15 is 0 Å². The maximum Gasteiger partial charge on any atom is 0.201 e. The number of sulfone groups is 1. The van der Waals surface area contributed by atoms with E-state index in [4.69, 9.17) is 5.73 Å². The predicted molar refractivity (Wildman–Crippen MR) is 71.1 cm³/mol. The van der Waals surface area contributed by atoms with Gasteiger partial charge in [-0.15, -0.1) is 0 Å². The molecule has 0 radical (unpaired) electrons. The van der Waals surface area contributed by atoms with E-state index < -0.39 is 9.84 Å². The van der Waals surface area contributed by atoms with Crippen LogP contribution in [0.3, 0.4) is 0 Å². The van der Waals surface area contributed by atoms with Crippen molar-refractivity contribution in [3.05, 3.63) is 24.3 Å². The van der Waals surface area contributed by atoms with Crippen molar-refractivity contribution in [1.29, 1.82) is 0 Å². The van der Waals surface area contributed by atoms with Crippen LogP contribution in [0.25, 0.3) is 11.0 Å². The van der Waals surface area contributed by atoms with Gasteiger partial charge in [-0.2, -0.15) is 0 Å². The molecule has 1 aromatic heterocycles. The van der Waals surface area contributed by atoms with E-state index in [0.717, 1.165) is 11.0 Å². The van der Waals surface area contributed by atoms with Crippen molar-refractivity contribution in [2.24, 2.45) is 0 Å². The van der Waals surface area contributed by atoms with E-state index in [-0.39, 0.29) is 17.5 Å². The maximum absolute atomic E-state index is 11.5. The number of benzene rings is 1. The smallest absolute Gasteiger partial charge is 0.201 e. The number of para-hydroxylation sites is 2. The number of nitrogens with two attached hydrogens (primary N) is 1. The first-order valence-corrected chi connectivity index (χ1v) is 7.82. The summed E-state index contributed by atoms with van der Waals surface area (Å²) in [5.41, 5.74) is 7.80. The van der Waals surface area contributed by atoms with Gasteiger partial charge in [-0.3, -0.25) is 0 Å². The summed E-state index contributed by atoms with van der Waals surface area (Å²) in [6.07, 6.45) is 1.24. The summed E-state index contributed by atoms with van der Waals surface area (Å²) in [5, 5.41) is 0. The number of anilines is 1. The monoisotopic (exact) mass is 265 g/mol. The zero-order valence-corrected chi connectivity index (χ0v) is 10.7. The molecule has 0 spiro atoms. The van der Waals surface area contributed by atoms with Gasteiger partial charge in [0.15, 0.2) is 0 Å². The number of nitrogen functional groups attached to an aromatic ring is 1. The van der Waals surface area contributed by atoms with Gasteiger partial charge >= 0.3 is 0 Å². The lowest BCUT2D eigenvalue weighted by molar-refractivity contribution is 0.463. The molecule has 1 fully saturated rings. The van der Waals surface area contributed by atoms with E-state index in [0.29, 0.717) is 18.8 Å². The molecular weight excluding hydrogens is 250 g/mol. The fraction of sp³-hybridized carbons (Fsp3) is 0.417. The van der Waals surface area contributed by atoms with Gasteiger partial charge in [0.25, 0.3) is 0 Å². The first kappa shape index (κ1) is 11.5. The van der Waals surface area contributed by atoms with Crippen LogP contribution in [0.1, 0.15) is 18.9 Å². The summed E-state index contributed by atoms with van der Waals surface area (Å²) in [5.74, 6) is 0.952. The largest absolute Gasteiger partial charge is 0.369 e. The molecule has 5 nitrogen and oxygen atoms in total. The summed E-state index contributed by atoms with van der Waals surface area (Å²) < 4.78 is 24.9. The Balaban J connectivity index is 2.02. The van der Waals surface area contributed by atoms with Gasteiger partial charge in [-0.25, -0.2) is 13.4 Å². The van der Waals surface area contributed by atoms with Gasteiger partial charge in [0, 0.05) is 6.04 Å². The van der Waals surface area contributed by atoms with Crippen molar-refractivity contribution in [3.63, 3.8) is 0 Å². The molecule has 0 unspecified atom stereocenters. The first-order chi connectivity index (χ1) is 8.57. The minimum atomic E-state index is -2.85. The van der Waals surface area contributed by atoms with Crippen LogP contribution in [0.15, 0.2) is 24.3 Å². The molecule has 0 atom stereocenters. The van der Waals surface area contributed by atoms with Gasteiger partial charge in [0.1, 0.15) is 9.84 Å². The molecule has 2 aromatic rings. The van der Waals surface area contributed by atoms with E-state index in [1.807, 2.05) is 28.8 Å². The molecule has 18 heavy (non-hydrogen) atoms. The summed E-state index contributed by atoms with van der Waals surface area (Å²) in [6, 6.07) is 7.90. The van der Waals surface area contributed by atoms with E-state index in [1.54, 1.807) is 0 Å². The average Bonchev–Trinajstić information content (AvgIpc) is 2.66. The van der Waals surface area contributed by atoms with Crippen LogP contribution >= 0.6 is 0 Å². The Kier molecular flexibility index (Phi) is 2.55. The Morgan fingerprint density at radius 2 is 1.89 bits per heavy atom. The minimum absolute atomic E-state index is 0.140. The van der Waals surface area contributed by atoms with Crippen molar-refractivity contribution in [3.8, 4) is 0 Å². The zero-order chi connectivity index (χ0) is 12.8. The summed E-state index contributed by atoms with van der Waals surface area (Å²) in [6.45, 7) is 0. The van der Waals surface area contributed by atoms with Crippen LogP contribution in [0.2, 0.25) is 0 Å². The fourth-order valence-electron chi connectivity index (χ4n) is 2.58. The lowest BCUT2D eigenvalue weighted by Gasteiger charge is -2.24. The number of imidazole rings is 1. The van der Waals surface area contributed by atoms with Crippen LogP contribution in [0.4, 0.5) is 5.95 Å². The predicted octanol–water partition coefficient (Wildman–Crippen LogP) is 1.37. The highest BCUT2D eigenvalue weighted by atomic mass is 32.2.